The van der Waals surface area contributed by atoms with Crippen LogP contribution in [0.3, 0.4) is 0 Å². The Kier molecular flexibility index (Phi) is 3.41. The topological polar surface area (TPSA) is 41.6 Å². The van der Waals surface area contributed by atoms with Crippen LogP contribution in [0.4, 0.5) is 5.69 Å². The zero-order valence-electron chi connectivity index (χ0n) is 15.5. The van der Waals surface area contributed by atoms with Crippen LogP contribution in [-0.4, -0.2) is 26.1 Å². The van der Waals surface area contributed by atoms with Gasteiger partial charge >= 0.3 is 0 Å². The van der Waals surface area contributed by atoms with Gasteiger partial charge in [-0.05, 0) is 35.0 Å². The van der Waals surface area contributed by atoms with Gasteiger partial charge in [0.25, 0.3) is 0 Å². The van der Waals surface area contributed by atoms with Gasteiger partial charge in [-0.1, -0.05) is 24.3 Å². The highest BCUT2D eigenvalue weighted by Crippen LogP contribution is 2.33. The van der Waals surface area contributed by atoms with Gasteiger partial charge in [0.2, 0.25) is 0 Å². The smallest absolute Gasteiger partial charge is 0.155 e. The molecule has 0 atom stereocenters. The van der Waals surface area contributed by atoms with Crippen molar-refractivity contribution in [3.63, 3.8) is 0 Å². The number of aromatic nitrogens is 1. The molecule has 4 heteroatoms. The quantitative estimate of drug-likeness (QED) is 0.320. The van der Waals surface area contributed by atoms with Crippen molar-refractivity contribution in [2.75, 3.05) is 26.0 Å². The summed E-state index contributed by atoms with van der Waals surface area (Å²) in [5.74, 6) is 0.752. The fraction of sp³-hybridized carbons (Fsp3) is 0.130. The highest BCUT2D eigenvalue weighted by atomic mass is 16.3. The number of hydrogen-bond donors (Lipinski definition) is 0. The molecule has 1 aliphatic carbocycles. The minimum absolute atomic E-state index is 0.752. The van der Waals surface area contributed by atoms with E-state index in [1.54, 1.807) is 0 Å². The first kappa shape index (κ1) is 15.8. The molecule has 0 amide bonds. The summed E-state index contributed by atoms with van der Waals surface area (Å²) in [4.78, 5) is 11.5. The van der Waals surface area contributed by atoms with Gasteiger partial charge in [0, 0.05) is 49.7 Å². The highest BCUT2D eigenvalue weighted by molar-refractivity contribution is 6.04. The van der Waals surface area contributed by atoms with Crippen molar-refractivity contribution in [1.29, 1.82) is 0 Å². The Morgan fingerprint density at radius 1 is 0.889 bits per heavy atom. The van der Waals surface area contributed by atoms with Gasteiger partial charge in [0.1, 0.15) is 11.2 Å². The number of nitrogens with zero attached hydrogens (tertiary/aromatic N) is 3. The van der Waals surface area contributed by atoms with Crippen LogP contribution in [0.25, 0.3) is 44.1 Å². The average Bonchev–Trinajstić information content (AvgIpc) is 2.70. The van der Waals surface area contributed by atoms with Crippen molar-refractivity contribution in [1.82, 2.24) is 4.98 Å². The van der Waals surface area contributed by atoms with Crippen molar-refractivity contribution in [3.8, 4) is 11.5 Å². The summed E-state index contributed by atoms with van der Waals surface area (Å²) in [7, 11) is 5.85. The van der Waals surface area contributed by atoms with Gasteiger partial charge in [-0.25, -0.2) is 4.98 Å². The Labute approximate surface area is 156 Å². The molecule has 0 bridgehead atoms. The second kappa shape index (κ2) is 5.81. The predicted octanol–water partition coefficient (Wildman–Crippen LogP) is 4.84. The third-order valence-corrected chi connectivity index (χ3v) is 5.07. The second-order valence-electron chi connectivity index (χ2n) is 6.97. The summed E-state index contributed by atoms with van der Waals surface area (Å²) in [5, 5.41) is 5.45. The molecule has 0 N–H and O–H groups in total. The number of benzene rings is 4. The maximum Gasteiger partial charge on any atom is 0.155 e. The van der Waals surface area contributed by atoms with Crippen molar-refractivity contribution >= 4 is 38.3 Å². The lowest BCUT2D eigenvalue weighted by atomic mass is 9.99. The zero-order valence-corrected chi connectivity index (χ0v) is 15.5. The summed E-state index contributed by atoms with van der Waals surface area (Å²) < 4.78 is 6.25. The Bertz CT molecular complexity index is 1370. The molecule has 2 aliphatic rings. The predicted molar refractivity (Wildman–Crippen MR) is 111 cm³/mol. The molecule has 0 saturated heterocycles. The lowest BCUT2D eigenvalue weighted by Gasteiger charge is -2.14. The number of anilines is 1. The Balaban J connectivity index is 1.94. The van der Waals surface area contributed by atoms with Crippen molar-refractivity contribution < 1.29 is 4.42 Å². The lowest BCUT2D eigenvalue weighted by molar-refractivity contribution is 0.613. The summed E-state index contributed by atoms with van der Waals surface area (Å²) in [6, 6.07) is 20.8. The molecular weight excluding hydrogens is 334 g/mol. The van der Waals surface area contributed by atoms with E-state index in [4.69, 9.17) is 9.40 Å². The largest absolute Gasteiger partial charge is 0.453 e. The first-order valence-corrected chi connectivity index (χ1v) is 8.94. The van der Waals surface area contributed by atoms with Crippen LogP contribution in [0, 0.1) is 0 Å². The van der Waals surface area contributed by atoms with Crippen molar-refractivity contribution in [2.45, 2.75) is 0 Å². The Morgan fingerprint density at radius 3 is 2.33 bits per heavy atom. The van der Waals surface area contributed by atoms with Crippen LogP contribution in [0.5, 0.6) is 0 Å². The van der Waals surface area contributed by atoms with Crippen LogP contribution < -0.4 is 10.3 Å². The normalized spacial score (nSPS) is 12.5. The Morgan fingerprint density at radius 2 is 1.63 bits per heavy atom. The molecule has 5 rings (SSSR count). The van der Waals surface area contributed by atoms with E-state index in [-0.39, 0.29) is 0 Å². The molecule has 0 aromatic heterocycles. The van der Waals surface area contributed by atoms with E-state index >= 15 is 0 Å². The molecule has 0 unspecified atom stereocenters. The van der Waals surface area contributed by atoms with E-state index in [9.17, 15) is 0 Å². The van der Waals surface area contributed by atoms with Crippen LogP contribution in [-0.2, 0) is 0 Å². The molecule has 0 saturated carbocycles. The number of hydrogen-bond acceptors (Lipinski definition) is 4. The maximum absolute atomic E-state index is 6.25. The monoisotopic (exact) mass is 353 g/mol. The van der Waals surface area contributed by atoms with Crippen LogP contribution >= 0.6 is 0 Å². The van der Waals surface area contributed by atoms with E-state index in [1.165, 1.54) is 10.8 Å². The molecule has 3 aromatic rings. The van der Waals surface area contributed by atoms with Crippen molar-refractivity contribution in [2.24, 2.45) is 4.99 Å². The third-order valence-electron chi connectivity index (χ3n) is 5.07. The molecule has 1 aliphatic heterocycles. The highest BCUT2D eigenvalue weighted by Gasteiger charge is 2.16. The molecule has 27 heavy (non-hydrogen) atoms. The van der Waals surface area contributed by atoms with E-state index < -0.39 is 0 Å². The number of rotatable bonds is 1. The number of fused-ring (bicyclic) bond motifs is 5. The van der Waals surface area contributed by atoms with Gasteiger partial charge in [0.05, 0.1) is 5.36 Å². The van der Waals surface area contributed by atoms with Gasteiger partial charge in [-0.15, -0.1) is 0 Å². The summed E-state index contributed by atoms with van der Waals surface area (Å²) in [6.45, 7) is 0. The van der Waals surface area contributed by atoms with Crippen molar-refractivity contribution in [3.05, 3.63) is 66.0 Å². The van der Waals surface area contributed by atoms with Crippen LogP contribution in [0.1, 0.15) is 0 Å². The Hall–Kier alpha value is -3.40. The third kappa shape index (κ3) is 2.45. The van der Waals surface area contributed by atoms with Crippen LogP contribution in [0.15, 0.2) is 70.1 Å². The van der Waals surface area contributed by atoms with E-state index in [2.05, 4.69) is 52.4 Å². The molecule has 0 radical (unpaired) electrons. The molecule has 3 aromatic carbocycles. The second-order valence-corrected chi connectivity index (χ2v) is 6.97. The fourth-order valence-electron chi connectivity index (χ4n) is 3.62. The molecule has 0 spiro atoms. The zero-order chi connectivity index (χ0) is 18.5. The first-order valence-electron chi connectivity index (χ1n) is 8.94. The summed E-state index contributed by atoms with van der Waals surface area (Å²) in [5.41, 5.74) is 3.58. The van der Waals surface area contributed by atoms with Gasteiger partial charge in [0.15, 0.2) is 11.3 Å². The molecule has 0 fully saturated rings. The molecule has 1 heterocycles. The molecule has 132 valence electrons. The van der Waals surface area contributed by atoms with Gasteiger partial charge in [-0.2, -0.15) is 0 Å². The fourth-order valence-corrected chi connectivity index (χ4v) is 3.62. The first-order chi connectivity index (χ1) is 13.1. The van der Waals surface area contributed by atoms with E-state index in [0.717, 1.165) is 44.4 Å². The summed E-state index contributed by atoms with van der Waals surface area (Å²) in [6.07, 6.45) is 0. The average molecular weight is 353 g/mol. The van der Waals surface area contributed by atoms with E-state index in [0.29, 0.717) is 0 Å². The molecule has 4 nitrogen and oxygen atoms in total. The standard InChI is InChI=1S/C23H19N3O/c1-24-20-13-22-23(18-11-15-7-5-4-6-14(15)10-17(18)20)25-19-9-8-16(26(2)3)12-21(19)27-22/h4-13H,1-3H3/b24-20-. The molecular formula is C23H19N3O. The lowest BCUT2D eigenvalue weighted by Crippen LogP contribution is -2.08. The van der Waals surface area contributed by atoms with Gasteiger partial charge < -0.3 is 9.32 Å². The maximum atomic E-state index is 6.25. The van der Waals surface area contributed by atoms with E-state index in [1.807, 2.05) is 39.3 Å². The minimum atomic E-state index is 0.752. The van der Waals surface area contributed by atoms with Crippen LogP contribution in [0.2, 0.25) is 0 Å². The van der Waals surface area contributed by atoms with Gasteiger partial charge in [-0.3, -0.25) is 4.99 Å². The SMILES string of the molecule is C/N=c1/cc2oc3cc(N(C)C)ccc3nc-2c2cc3ccccc3cc12. The minimum Gasteiger partial charge on any atom is -0.453 e. The summed E-state index contributed by atoms with van der Waals surface area (Å²) >= 11 is 0.